The highest BCUT2D eigenvalue weighted by Crippen LogP contribution is 2.23. The molecule has 1 unspecified atom stereocenters. The maximum atomic E-state index is 9.94. The molecule has 1 rings (SSSR count). The number of nitrogens with two attached hydrogens (primary N) is 1. The Kier molecular flexibility index (Phi) is 4.40. The van der Waals surface area contributed by atoms with Crippen molar-refractivity contribution in [3.8, 4) is 0 Å². The second kappa shape index (κ2) is 5.40. The number of hydrogen-bond donors (Lipinski definition) is 3. The molecule has 17 heavy (non-hydrogen) atoms. The molecule has 98 valence electrons. The van der Waals surface area contributed by atoms with Crippen LogP contribution in [0.2, 0.25) is 0 Å². The van der Waals surface area contributed by atoms with Crippen LogP contribution in [0.3, 0.4) is 0 Å². The summed E-state index contributed by atoms with van der Waals surface area (Å²) in [6.07, 6.45) is 2.60. The van der Waals surface area contributed by atoms with Crippen molar-refractivity contribution < 1.29 is 5.11 Å². The zero-order valence-electron chi connectivity index (χ0n) is 11.2. The van der Waals surface area contributed by atoms with Crippen LogP contribution >= 0.6 is 0 Å². The Morgan fingerprint density at radius 1 is 1.47 bits per heavy atom. The first-order valence-corrected chi connectivity index (χ1v) is 6.19. The standard InChI is InChI=1S/C12H24N4O/c1-5-7-9-10(13)11(16(4)15-9)14-8-12(3,17)6-2/h14,17H,5-8,13H2,1-4H3. The van der Waals surface area contributed by atoms with Crippen molar-refractivity contribution in [1.82, 2.24) is 9.78 Å². The third kappa shape index (κ3) is 3.36. The molecule has 4 N–H and O–H groups in total. The molecule has 0 aliphatic heterocycles. The average molecular weight is 240 g/mol. The topological polar surface area (TPSA) is 76.1 Å². The number of nitrogen functional groups attached to an aromatic ring is 1. The van der Waals surface area contributed by atoms with Gasteiger partial charge in [-0.05, 0) is 19.8 Å². The molecule has 5 nitrogen and oxygen atoms in total. The Morgan fingerprint density at radius 3 is 2.65 bits per heavy atom. The van der Waals surface area contributed by atoms with E-state index in [4.69, 9.17) is 5.73 Å². The van der Waals surface area contributed by atoms with E-state index in [1.165, 1.54) is 0 Å². The van der Waals surface area contributed by atoms with Crippen LogP contribution in [-0.4, -0.2) is 27.0 Å². The minimum absolute atomic E-state index is 0.471. The summed E-state index contributed by atoms with van der Waals surface area (Å²) in [7, 11) is 1.86. The average Bonchev–Trinajstić information content (AvgIpc) is 2.53. The summed E-state index contributed by atoms with van der Waals surface area (Å²) >= 11 is 0. The van der Waals surface area contributed by atoms with Gasteiger partial charge in [0, 0.05) is 13.6 Å². The van der Waals surface area contributed by atoms with E-state index in [1.807, 2.05) is 14.0 Å². The molecular weight excluding hydrogens is 216 g/mol. The van der Waals surface area contributed by atoms with E-state index in [-0.39, 0.29) is 0 Å². The number of aromatic nitrogens is 2. The van der Waals surface area contributed by atoms with E-state index in [0.717, 1.165) is 24.4 Å². The van der Waals surface area contributed by atoms with Gasteiger partial charge in [0.15, 0.2) is 0 Å². The number of aryl methyl sites for hydroxylation is 2. The quantitative estimate of drug-likeness (QED) is 0.705. The molecule has 0 aromatic carbocycles. The molecule has 0 spiro atoms. The van der Waals surface area contributed by atoms with E-state index < -0.39 is 5.60 Å². The smallest absolute Gasteiger partial charge is 0.147 e. The van der Waals surface area contributed by atoms with Crippen LogP contribution in [0.5, 0.6) is 0 Å². The molecule has 0 amide bonds. The zero-order valence-corrected chi connectivity index (χ0v) is 11.2. The first-order chi connectivity index (χ1) is 7.91. The Balaban J connectivity index is 2.77. The van der Waals surface area contributed by atoms with Crippen molar-refractivity contribution in [2.24, 2.45) is 7.05 Å². The van der Waals surface area contributed by atoms with Crippen LogP contribution in [0.25, 0.3) is 0 Å². The number of aliphatic hydroxyl groups is 1. The summed E-state index contributed by atoms with van der Waals surface area (Å²) < 4.78 is 1.74. The molecule has 1 heterocycles. The van der Waals surface area contributed by atoms with E-state index >= 15 is 0 Å². The van der Waals surface area contributed by atoms with E-state index in [9.17, 15) is 5.11 Å². The van der Waals surface area contributed by atoms with Crippen molar-refractivity contribution >= 4 is 11.5 Å². The summed E-state index contributed by atoms with van der Waals surface area (Å²) in [4.78, 5) is 0. The highest BCUT2D eigenvalue weighted by Gasteiger charge is 2.19. The SMILES string of the molecule is CCCc1nn(C)c(NCC(C)(O)CC)c1N. The van der Waals surface area contributed by atoms with Gasteiger partial charge in [-0.25, -0.2) is 0 Å². The second-order valence-electron chi connectivity index (χ2n) is 4.79. The first-order valence-electron chi connectivity index (χ1n) is 6.19. The molecule has 0 fully saturated rings. The summed E-state index contributed by atoms with van der Waals surface area (Å²) in [5.41, 5.74) is 6.93. The van der Waals surface area contributed by atoms with Gasteiger partial charge in [-0.1, -0.05) is 20.3 Å². The predicted molar refractivity (Wildman–Crippen MR) is 71.0 cm³/mol. The van der Waals surface area contributed by atoms with Gasteiger partial charge >= 0.3 is 0 Å². The van der Waals surface area contributed by atoms with E-state index in [2.05, 4.69) is 17.3 Å². The molecule has 0 saturated heterocycles. The third-order valence-electron chi connectivity index (χ3n) is 3.05. The highest BCUT2D eigenvalue weighted by atomic mass is 16.3. The number of rotatable bonds is 6. The molecule has 0 radical (unpaired) electrons. The van der Waals surface area contributed by atoms with Gasteiger partial charge in [0.2, 0.25) is 0 Å². The Hall–Kier alpha value is -1.23. The van der Waals surface area contributed by atoms with Crippen LogP contribution in [0, 0.1) is 0 Å². The summed E-state index contributed by atoms with van der Waals surface area (Å²) in [5.74, 6) is 0.794. The molecular formula is C12H24N4O. The Bertz CT molecular complexity index is 371. The maximum absolute atomic E-state index is 9.94. The van der Waals surface area contributed by atoms with Crippen LogP contribution in [0.4, 0.5) is 11.5 Å². The number of nitrogens with zero attached hydrogens (tertiary/aromatic N) is 2. The van der Waals surface area contributed by atoms with Gasteiger partial charge in [0.05, 0.1) is 17.0 Å². The van der Waals surface area contributed by atoms with Crippen LogP contribution in [0.1, 0.15) is 39.3 Å². The van der Waals surface area contributed by atoms with Crippen molar-refractivity contribution in [2.75, 3.05) is 17.6 Å². The fourth-order valence-corrected chi connectivity index (χ4v) is 1.63. The van der Waals surface area contributed by atoms with E-state index in [1.54, 1.807) is 11.6 Å². The maximum Gasteiger partial charge on any atom is 0.147 e. The van der Waals surface area contributed by atoms with Crippen LogP contribution in [-0.2, 0) is 13.5 Å². The highest BCUT2D eigenvalue weighted by molar-refractivity contribution is 5.65. The fraction of sp³-hybridized carbons (Fsp3) is 0.750. The van der Waals surface area contributed by atoms with Crippen molar-refractivity contribution in [3.63, 3.8) is 0 Å². The monoisotopic (exact) mass is 240 g/mol. The minimum atomic E-state index is -0.721. The molecule has 1 atom stereocenters. The molecule has 0 saturated carbocycles. The minimum Gasteiger partial charge on any atom is -0.394 e. The number of hydrogen-bond acceptors (Lipinski definition) is 4. The third-order valence-corrected chi connectivity index (χ3v) is 3.05. The second-order valence-corrected chi connectivity index (χ2v) is 4.79. The van der Waals surface area contributed by atoms with Gasteiger partial charge in [-0.15, -0.1) is 0 Å². The first kappa shape index (κ1) is 13.8. The van der Waals surface area contributed by atoms with Gasteiger partial charge < -0.3 is 16.2 Å². The van der Waals surface area contributed by atoms with Crippen LogP contribution in [0.15, 0.2) is 0 Å². The Labute approximate surface area is 103 Å². The lowest BCUT2D eigenvalue weighted by Gasteiger charge is -2.22. The van der Waals surface area contributed by atoms with E-state index in [0.29, 0.717) is 18.7 Å². The van der Waals surface area contributed by atoms with Crippen LogP contribution < -0.4 is 11.1 Å². The molecule has 0 aliphatic rings. The molecule has 1 aromatic rings. The lowest BCUT2D eigenvalue weighted by Crippen LogP contribution is -2.33. The number of anilines is 2. The largest absolute Gasteiger partial charge is 0.394 e. The van der Waals surface area contributed by atoms with Crippen molar-refractivity contribution in [2.45, 2.75) is 45.6 Å². The van der Waals surface area contributed by atoms with Gasteiger partial charge in [0.1, 0.15) is 5.82 Å². The van der Waals surface area contributed by atoms with Crippen molar-refractivity contribution in [3.05, 3.63) is 5.69 Å². The van der Waals surface area contributed by atoms with Gasteiger partial charge in [0.25, 0.3) is 0 Å². The fourth-order valence-electron chi connectivity index (χ4n) is 1.63. The summed E-state index contributed by atoms with van der Waals surface area (Å²) in [6.45, 7) is 6.33. The predicted octanol–water partition coefficient (Wildman–Crippen LogP) is 1.53. The van der Waals surface area contributed by atoms with Crippen molar-refractivity contribution in [1.29, 1.82) is 0 Å². The zero-order chi connectivity index (χ0) is 13.1. The normalized spacial score (nSPS) is 14.6. The lowest BCUT2D eigenvalue weighted by molar-refractivity contribution is 0.0696. The molecule has 1 aromatic heterocycles. The summed E-state index contributed by atoms with van der Waals surface area (Å²) in [5, 5.41) is 17.5. The number of nitrogens with one attached hydrogen (secondary N) is 1. The molecule has 0 aliphatic carbocycles. The van der Waals surface area contributed by atoms with Gasteiger partial charge in [-0.3, -0.25) is 4.68 Å². The Morgan fingerprint density at radius 2 is 2.12 bits per heavy atom. The van der Waals surface area contributed by atoms with Gasteiger partial charge in [-0.2, -0.15) is 5.10 Å². The molecule has 5 heteroatoms. The summed E-state index contributed by atoms with van der Waals surface area (Å²) in [6, 6.07) is 0. The molecule has 0 bridgehead atoms. The lowest BCUT2D eigenvalue weighted by atomic mass is 10.0.